The highest BCUT2D eigenvalue weighted by molar-refractivity contribution is 5.76. The molecular formula is C24H30N6O. The summed E-state index contributed by atoms with van der Waals surface area (Å²) in [7, 11) is 0. The molecule has 1 amide bonds. The minimum absolute atomic E-state index is 0.00133. The van der Waals surface area contributed by atoms with Gasteiger partial charge < -0.3 is 5.32 Å². The molecule has 2 heterocycles. The predicted octanol–water partition coefficient (Wildman–Crippen LogP) is 4.03. The number of carbonyl (C=O) groups is 1. The van der Waals surface area contributed by atoms with E-state index in [4.69, 9.17) is 5.26 Å². The molecule has 162 valence electrons. The number of nitriles is 1. The summed E-state index contributed by atoms with van der Waals surface area (Å²) >= 11 is 0. The second-order valence-corrected chi connectivity index (χ2v) is 8.00. The summed E-state index contributed by atoms with van der Waals surface area (Å²) in [6, 6.07) is 10.2. The molecule has 0 spiro atoms. The monoisotopic (exact) mass is 418 g/mol. The van der Waals surface area contributed by atoms with E-state index in [9.17, 15) is 4.79 Å². The smallest absolute Gasteiger partial charge is 0.220 e. The zero-order valence-electron chi connectivity index (χ0n) is 18.9. The number of hydrogen-bond acceptors (Lipinski definition) is 4. The number of aromatic nitrogens is 4. The summed E-state index contributed by atoms with van der Waals surface area (Å²) in [6.45, 7) is 10.6. The van der Waals surface area contributed by atoms with E-state index in [1.165, 1.54) is 5.56 Å². The first-order chi connectivity index (χ1) is 14.8. The van der Waals surface area contributed by atoms with Crippen molar-refractivity contribution in [1.29, 1.82) is 5.26 Å². The maximum Gasteiger partial charge on any atom is 0.220 e. The third kappa shape index (κ3) is 5.02. The van der Waals surface area contributed by atoms with Crippen molar-refractivity contribution < 1.29 is 4.79 Å². The van der Waals surface area contributed by atoms with Crippen molar-refractivity contribution in [2.45, 2.75) is 66.5 Å². The van der Waals surface area contributed by atoms with Gasteiger partial charge in [-0.05, 0) is 58.7 Å². The second-order valence-electron chi connectivity index (χ2n) is 8.00. The Morgan fingerprint density at radius 3 is 2.55 bits per heavy atom. The van der Waals surface area contributed by atoms with Gasteiger partial charge in [0.2, 0.25) is 5.91 Å². The maximum atomic E-state index is 12.6. The highest BCUT2D eigenvalue weighted by atomic mass is 16.1. The van der Waals surface area contributed by atoms with E-state index < -0.39 is 0 Å². The number of aryl methyl sites for hydroxylation is 3. The van der Waals surface area contributed by atoms with E-state index in [1.807, 2.05) is 55.4 Å². The molecule has 0 bridgehead atoms. The lowest BCUT2D eigenvalue weighted by Gasteiger charge is -2.14. The zero-order valence-corrected chi connectivity index (χ0v) is 18.9. The molecule has 0 saturated carbocycles. The van der Waals surface area contributed by atoms with Crippen LogP contribution in [0.4, 0.5) is 0 Å². The molecule has 3 aromatic rings. The van der Waals surface area contributed by atoms with Crippen LogP contribution in [0.1, 0.15) is 59.6 Å². The standard InChI is InChI=1S/C24H30N6O/c1-16-7-9-21(10-8-16)30-20(5)23(15-26-30)17(2)27-24(31)12-11-22-18(3)28-29(19(22)4)14-6-13-25/h7-10,15,17H,6,11-12,14H2,1-5H3,(H,27,31). The number of nitrogens with zero attached hydrogens (tertiary/aromatic N) is 5. The molecular weight excluding hydrogens is 388 g/mol. The average molecular weight is 419 g/mol. The van der Waals surface area contributed by atoms with Gasteiger partial charge in [0, 0.05) is 23.4 Å². The Morgan fingerprint density at radius 2 is 1.87 bits per heavy atom. The van der Waals surface area contributed by atoms with Crippen LogP contribution < -0.4 is 5.32 Å². The lowest BCUT2D eigenvalue weighted by Crippen LogP contribution is -2.27. The fourth-order valence-electron chi connectivity index (χ4n) is 3.89. The van der Waals surface area contributed by atoms with Crippen LogP contribution in [0.2, 0.25) is 0 Å². The molecule has 1 N–H and O–H groups in total. The summed E-state index contributed by atoms with van der Waals surface area (Å²) in [5.74, 6) is -0.00133. The third-order valence-corrected chi connectivity index (χ3v) is 5.74. The average Bonchev–Trinajstić information content (AvgIpc) is 3.25. The van der Waals surface area contributed by atoms with Crippen molar-refractivity contribution in [3.8, 4) is 11.8 Å². The first kappa shape index (κ1) is 22.3. The largest absolute Gasteiger partial charge is 0.349 e. The number of rotatable bonds is 8. The molecule has 0 fully saturated rings. The van der Waals surface area contributed by atoms with Gasteiger partial charge in [-0.15, -0.1) is 0 Å². The number of hydrogen-bond donors (Lipinski definition) is 1. The molecule has 0 aliphatic heterocycles. The van der Waals surface area contributed by atoms with E-state index >= 15 is 0 Å². The van der Waals surface area contributed by atoms with Gasteiger partial charge in [0.25, 0.3) is 0 Å². The van der Waals surface area contributed by atoms with Crippen molar-refractivity contribution in [2.75, 3.05) is 0 Å². The van der Waals surface area contributed by atoms with Crippen LogP contribution >= 0.6 is 0 Å². The minimum Gasteiger partial charge on any atom is -0.349 e. The predicted molar refractivity (Wildman–Crippen MR) is 120 cm³/mol. The molecule has 3 rings (SSSR count). The van der Waals surface area contributed by atoms with Gasteiger partial charge in [0.1, 0.15) is 0 Å². The van der Waals surface area contributed by atoms with Crippen LogP contribution in [0.5, 0.6) is 0 Å². The van der Waals surface area contributed by atoms with Crippen LogP contribution in [0, 0.1) is 39.0 Å². The molecule has 0 aliphatic rings. The third-order valence-electron chi connectivity index (χ3n) is 5.74. The minimum atomic E-state index is -0.132. The lowest BCUT2D eigenvalue weighted by atomic mass is 10.1. The topological polar surface area (TPSA) is 88.5 Å². The van der Waals surface area contributed by atoms with E-state index in [0.29, 0.717) is 25.8 Å². The van der Waals surface area contributed by atoms with Crippen LogP contribution in [-0.2, 0) is 17.8 Å². The first-order valence-electron chi connectivity index (χ1n) is 10.6. The van der Waals surface area contributed by atoms with Crippen LogP contribution in [0.25, 0.3) is 5.69 Å². The molecule has 0 saturated heterocycles. The van der Waals surface area contributed by atoms with E-state index in [1.54, 1.807) is 0 Å². The van der Waals surface area contributed by atoms with Crippen molar-refractivity contribution in [3.05, 3.63) is 64.2 Å². The second kappa shape index (κ2) is 9.61. The fourth-order valence-corrected chi connectivity index (χ4v) is 3.89. The number of amides is 1. The first-order valence-corrected chi connectivity index (χ1v) is 10.6. The molecule has 31 heavy (non-hydrogen) atoms. The highest BCUT2D eigenvalue weighted by Gasteiger charge is 2.18. The van der Waals surface area contributed by atoms with Crippen molar-refractivity contribution >= 4 is 5.91 Å². The molecule has 1 aromatic carbocycles. The van der Waals surface area contributed by atoms with Gasteiger partial charge in [-0.2, -0.15) is 15.5 Å². The Hall–Kier alpha value is -3.40. The van der Waals surface area contributed by atoms with Gasteiger partial charge in [0.05, 0.1) is 42.7 Å². The Balaban J connectivity index is 1.62. The van der Waals surface area contributed by atoms with Crippen molar-refractivity contribution in [3.63, 3.8) is 0 Å². The van der Waals surface area contributed by atoms with Crippen LogP contribution in [0.3, 0.4) is 0 Å². The van der Waals surface area contributed by atoms with E-state index in [2.05, 4.69) is 40.6 Å². The molecule has 7 nitrogen and oxygen atoms in total. The van der Waals surface area contributed by atoms with Gasteiger partial charge in [-0.1, -0.05) is 17.7 Å². The molecule has 2 aromatic heterocycles. The fraction of sp³-hybridized carbons (Fsp3) is 0.417. The summed E-state index contributed by atoms with van der Waals surface area (Å²) < 4.78 is 3.76. The SMILES string of the molecule is Cc1ccc(-n2ncc(C(C)NC(=O)CCc3c(C)nn(CCC#N)c3C)c2C)cc1. The quantitative estimate of drug-likeness (QED) is 0.598. The summed E-state index contributed by atoms with van der Waals surface area (Å²) in [5, 5.41) is 20.9. The normalized spacial score (nSPS) is 11.9. The summed E-state index contributed by atoms with van der Waals surface area (Å²) in [5.41, 5.74) is 7.27. The number of carbonyl (C=O) groups excluding carboxylic acids is 1. The summed E-state index contributed by atoms with van der Waals surface area (Å²) in [4.78, 5) is 12.6. The molecule has 0 aliphatic carbocycles. The Kier molecular flexibility index (Phi) is 6.91. The maximum absolute atomic E-state index is 12.6. The Labute approximate surface area is 183 Å². The van der Waals surface area contributed by atoms with Gasteiger partial charge in [0.15, 0.2) is 0 Å². The molecule has 0 radical (unpaired) electrons. The van der Waals surface area contributed by atoms with E-state index in [0.717, 1.165) is 33.9 Å². The highest BCUT2D eigenvalue weighted by Crippen LogP contribution is 2.21. The Morgan fingerprint density at radius 1 is 1.16 bits per heavy atom. The number of benzene rings is 1. The lowest BCUT2D eigenvalue weighted by molar-refractivity contribution is -0.121. The Bertz CT molecular complexity index is 1100. The number of nitrogens with one attached hydrogen (secondary N) is 1. The van der Waals surface area contributed by atoms with Gasteiger partial charge in [-0.25, -0.2) is 4.68 Å². The van der Waals surface area contributed by atoms with Crippen molar-refractivity contribution in [1.82, 2.24) is 24.9 Å². The van der Waals surface area contributed by atoms with E-state index in [-0.39, 0.29) is 11.9 Å². The molecule has 7 heteroatoms. The zero-order chi connectivity index (χ0) is 22.5. The van der Waals surface area contributed by atoms with Crippen LogP contribution in [0.15, 0.2) is 30.5 Å². The molecule has 1 unspecified atom stereocenters. The van der Waals surface area contributed by atoms with Gasteiger partial charge in [-0.3, -0.25) is 9.48 Å². The van der Waals surface area contributed by atoms with Gasteiger partial charge >= 0.3 is 0 Å². The molecule has 1 atom stereocenters. The van der Waals surface area contributed by atoms with Crippen LogP contribution in [-0.4, -0.2) is 25.5 Å². The van der Waals surface area contributed by atoms with Crippen molar-refractivity contribution in [2.24, 2.45) is 0 Å². The summed E-state index contributed by atoms with van der Waals surface area (Å²) in [6.07, 6.45) is 3.27.